The maximum Gasteiger partial charge on any atom is 0.230 e. The van der Waals surface area contributed by atoms with E-state index in [1.165, 1.54) is 12.5 Å². The van der Waals surface area contributed by atoms with Crippen LogP contribution < -0.4 is 14.2 Å². The molecule has 8 nitrogen and oxygen atoms in total. The minimum atomic E-state index is -0.441. The zero-order chi connectivity index (χ0) is 24.0. The number of halogens is 1. The van der Waals surface area contributed by atoms with E-state index >= 15 is 4.39 Å². The summed E-state index contributed by atoms with van der Waals surface area (Å²) < 4.78 is 37.9. The summed E-state index contributed by atoms with van der Waals surface area (Å²) in [6.07, 6.45) is 6.16. The SMILES string of the molecule is COc1cc2c(Oc3cnc4c(c3F)C=C(C)C4)ncnc2cc1OCCCN1CC2(COC2)C1. The third-order valence-corrected chi connectivity index (χ3v) is 6.84. The van der Waals surface area contributed by atoms with Crippen LogP contribution in [0.15, 0.2) is 30.2 Å². The smallest absolute Gasteiger partial charge is 0.230 e. The third-order valence-electron chi connectivity index (χ3n) is 6.84. The fourth-order valence-electron chi connectivity index (χ4n) is 5.04. The van der Waals surface area contributed by atoms with Crippen LogP contribution in [0, 0.1) is 11.2 Å². The number of aromatic nitrogens is 3. The molecule has 4 heterocycles. The summed E-state index contributed by atoms with van der Waals surface area (Å²) in [6.45, 7) is 7.53. The number of allylic oxidation sites excluding steroid dienone is 1. The number of ether oxygens (including phenoxy) is 4. The van der Waals surface area contributed by atoms with Crippen LogP contribution >= 0.6 is 0 Å². The molecule has 0 radical (unpaired) electrons. The second kappa shape index (κ2) is 8.73. The Labute approximate surface area is 202 Å². The Balaban J connectivity index is 1.16. The van der Waals surface area contributed by atoms with Gasteiger partial charge in [0.05, 0.1) is 49.7 Å². The van der Waals surface area contributed by atoms with Crippen molar-refractivity contribution in [2.45, 2.75) is 19.8 Å². The number of hydrogen-bond acceptors (Lipinski definition) is 8. The van der Waals surface area contributed by atoms with Gasteiger partial charge < -0.3 is 23.8 Å². The second-order valence-corrected chi connectivity index (χ2v) is 9.67. The highest BCUT2D eigenvalue weighted by Gasteiger charge is 2.48. The molecule has 0 N–H and O–H groups in total. The molecular weight excluding hydrogens is 451 g/mol. The van der Waals surface area contributed by atoms with Crippen molar-refractivity contribution in [1.29, 1.82) is 0 Å². The molecule has 1 aromatic carbocycles. The van der Waals surface area contributed by atoms with E-state index in [9.17, 15) is 0 Å². The molecule has 182 valence electrons. The van der Waals surface area contributed by atoms with Crippen LogP contribution in [0.4, 0.5) is 4.39 Å². The van der Waals surface area contributed by atoms with Crippen molar-refractivity contribution in [2.75, 3.05) is 46.6 Å². The van der Waals surface area contributed by atoms with Gasteiger partial charge in [-0.15, -0.1) is 0 Å². The van der Waals surface area contributed by atoms with Gasteiger partial charge in [-0.05, 0) is 19.4 Å². The lowest BCUT2D eigenvalue weighted by molar-refractivity contribution is -0.189. The highest BCUT2D eigenvalue weighted by molar-refractivity contribution is 5.87. The number of likely N-dealkylation sites (tertiary alicyclic amines) is 1. The van der Waals surface area contributed by atoms with Gasteiger partial charge >= 0.3 is 0 Å². The van der Waals surface area contributed by atoms with E-state index in [2.05, 4.69) is 19.9 Å². The van der Waals surface area contributed by atoms with Crippen LogP contribution in [0.25, 0.3) is 17.0 Å². The summed E-state index contributed by atoms with van der Waals surface area (Å²) in [6, 6.07) is 3.56. The Hall–Kier alpha value is -3.30. The molecule has 1 spiro atoms. The normalized spacial score (nSPS) is 18.1. The average molecular weight is 479 g/mol. The van der Waals surface area contributed by atoms with Crippen molar-refractivity contribution in [3.8, 4) is 23.1 Å². The Morgan fingerprint density at radius 3 is 2.74 bits per heavy atom. The topological polar surface area (TPSA) is 78.8 Å². The maximum atomic E-state index is 15.1. The monoisotopic (exact) mass is 478 g/mol. The van der Waals surface area contributed by atoms with Crippen molar-refractivity contribution in [3.05, 3.63) is 47.3 Å². The maximum absolute atomic E-state index is 15.1. The number of nitrogens with zero attached hydrogens (tertiary/aromatic N) is 4. The van der Waals surface area contributed by atoms with Gasteiger partial charge in [-0.25, -0.2) is 14.4 Å². The van der Waals surface area contributed by atoms with Crippen molar-refractivity contribution < 1.29 is 23.3 Å². The molecule has 2 saturated heterocycles. The van der Waals surface area contributed by atoms with Gasteiger partial charge in [-0.1, -0.05) is 11.6 Å². The van der Waals surface area contributed by atoms with Crippen molar-refractivity contribution in [2.24, 2.45) is 5.41 Å². The van der Waals surface area contributed by atoms with Crippen LogP contribution in [-0.2, 0) is 11.2 Å². The van der Waals surface area contributed by atoms with Crippen LogP contribution in [0.5, 0.6) is 23.1 Å². The van der Waals surface area contributed by atoms with Crippen LogP contribution in [0.1, 0.15) is 24.6 Å². The quantitative estimate of drug-likeness (QED) is 0.449. The first-order valence-electron chi connectivity index (χ1n) is 11.8. The van der Waals surface area contributed by atoms with Gasteiger partial charge in [0.15, 0.2) is 23.1 Å². The average Bonchev–Trinajstić information content (AvgIpc) is 3.19. The lowest BCUT2D eigenvalue weighted by Gasteiger charge is -2.55. The molecule has 35 heavy (non-hydrogen) atoms. The molecule has 1 aliphatic carbocycles. The van der Waals surface area contributed by atoms with Gasteiger partial charge in [-0.2, -0.15) is 0 Å². The van der Waals surface area contributed by atoms with E-state index < -0.39 is 5.82 Å². The van der Waals surface area contributed by atoms with Crippen molar-refractivity contribution >= 4 is 17.0 Å². The summed E-state index contributed by atoms with van der Waals surface area (Å²) >= 11 is 0. The molecule has 0 amide bonds. The first-order chi connectivity index (χ1) is 17.0. The van der Waals surface area contributed by atoms with Gasteiger partial charge in [-0.3, -0.25) is 4.98 Å². The molecule has 0 bridgehead atoms. The van der Waals surface area contributed by atoms with Crippen molar-refractivity contribution in [1.82, 2.24) is 19.9 Å². The minimum Gasteiger partial charge on any atom is -0.493 e. The fraction of sp³-hybridized carbons (Fsp3) is 0.423. The van der Waals surface area contributed by atoms with E-state index in [0.717, 1.165) is 44.8 Å². The molecule has 9 heteroatoms. The van der Waals surface area contributed by atoms with Gasteiger partial charge in [0.2, 0.25) is 5.88 Å². The lowest BCUT2D eigenvalue weighted by Crippen LogP contribution is -2.65. The van der Waals surface area contributed by atoms with Crippen LogP contribution in [0.2, 0.25) is 0 Å². The standard InChI is InChI=1S/C26H27FN4O4/c1-16-6-17-19(7-16)28-10-23(24(17)27)35-25-18-8-21(32-2)22(9-20(18)29-15-30-25)34-5-3-4-31-11-26(12-31)13-33-14-26/h6,8-10,15H,3-5,7,11-14H2,1-2H3. The molecule has 0 atom stereocenters. The first-order valence-corrected chi connectivity index (χ1v) is 11.8. The number of hydrogen-bond donors (Lipinski definition) is 0. The van der Waals surface area contributed by atoms with Crippen molar-refractivity contribution in [3.63, 3.8) is 0 Å². The number of fused-ring (bicyclic) bond motifs is 2. The highest BCUT2D eigenvalue weighted by Crippen LogP contribution is 2.39. The predicted octanol–water partition coefficient (Wildman–Crippen LogP) is 4.03. The first kappa shape index (κ1) is 22.2. The molecule has 2 aromatic heterocycles. The highest BCUT2D eigenvalue weighted by atomic mass is 19.1. The lowest BCUT2D eigenvalue weighted by atomic mass is 9.78. The van der Waals surface area contributed by atoms with E-state index in [0.29, 0.717) is 52.1 Å². The number of pyridine rings is 1. The van der Waals surface area contributed by atoms with E-state index in [1.807, 2.05) is 6.92 Å². The molecular formula is C26H27FN4O4. The fourth-order valence-corrected chi connectivity index (χ4v) is 5.04. The third kappa shape index (κ3) is 4.08. The Kier molecular flexibility index (Phi) is 5.53. The van der Waals surface area contributed by atoms with Gasteiger partial charge in [0, 0.05) is 43.1 Å². The molecule has 3 aliphatic rings. The molecule has 2 fully saturated rings. The van der Waals surface area contributed by atoms with Crippen LogP contribution in [-0.4, -0.2) is 66.4 Å². The summed E-state index contributed by atoms with van der Waals surface area (Å²) in [5.74, 6) is 0.950. The van der Waals surface area contributed by atoms with Gasteiger partial charge in [0.1, 0.15) is 6.33 Å². The Bertz CT molecular complexity index is 1320. The van der Waals surface area contributed by atoms with E-state index in [4.69, 9.17) is 18.9 Å². The van der Waals surface area contributed by atoms with Crippen LogP contribution in [0.3, 0.4) is 0 Å². The Morgan fingerprint density at radius 2 is 1.97 bits per heavy atom. The number of rotatable bonds is 8. The largest absolute Gasteiger partial charge is 0.493 e. The Morgan fingerprint density at radius 1 is 1.11 bits per heavy atom. The zero-order valence-corrected chi connectivity index (χ0v) is 19.8. The summed E-state index contributed by atoms with van der Waals surface area (Å²) in [7, 11) is 1.58. The molecule has 0 saturated carbocycles. The number of methoxy groups -OCH3 is 1. The zero-order valence-electron chi connectivity index (χ0n) is 19.8. The summed E-state index contributed by atoms with van der Waals surface area (Å²) in [4.78, 5) is 15.4. The molecule has 6 rings (SSSR count). The predicted molar refractivity (Wildman–Crippen MR) is 128 cm³/mol. The van der Waals surface area contributed by atoms with E-state index in [1.54, 1.807) is 25.3 Å². The molecule has 2 aliphatic heterocycles. The molecule has 3 aromatic rings. The number of benzene rings is 1. The molecule has 0 unspecified atom stereocenters. The van der Waals surface area contributed by atoms with E-state index in [-0.39, 0.29) is 11.6 Å². The van der Waals surface area contributed by atoms with Gasteiger partial charge in [0.25, 0.3) is 0 Å². The minimum absolute atomic E-state index is 0.0234. The summed E-state index contributed by atoms with van der Waals surface area (Å²) in [5.41, 5.74) is 3.30. The summed E-state index contributed by atoms with van der Waals surface area (Å²) in [5, 5.41) is 0.594. The second-order valence-electron chi connectivity index (χ2n) is 9.67.